The molecule has 1 fully saturated rings. The second kappa shape index (κ2) is 9.43. The Morgan fingerprint density at radius 1 is 1.10 bits per heavy atom. The number of aryl methyl sites for hydroxylation is 2. The van der Waals surface area contributed by atoms with E-state index in [0.717, 1.165) is 37.1 Å². The van der Waals surface area contributed by atoms with Crippen molar-refractivity contribution in [3.05, 3.63) is 71.1 Å². The average molecular weight is 419 g/mol. The van der Waals surface area contributed by atoms with E-state index in [4.69, 9.17) is 4.52 Å². The Kier molecular flexibility index (Phi) is 6.47. The third-order valence-corrected chi connectivity index (χ3v) is 6.19. The zero-order valence-corrected chi connectivity index (χ0v) is 18.5. The summed E-state index contributed by atoms with van der Waals surface area (Å²) in [6, 6.07) is 16.3. The second-order valence-electron chi connectivity index (χ2n) is 8.46. The van der Waals surface area contributed by atoms with Crippen LogP contribution in [0.2, 0.25) is 0 Å². The maximum absolute atomic E-state index is 12.8. The number of aromatic nitrogens is 2. The third-order valence-electron chi connectivity index (χ3n) is 6.19. The molecular weight excluding hydrogens is 388 g/mol. The summed E-state index contributed by atoms with van der Waals surface area (Å²) < 4.78 is 5.48. The van der Waals surface area contributed by atoms with Crippen molar-refractivity contribution >= 4 is 5.91 Å². The lowest BCUT2D eigenvalue weighted by molar-refractivity contribution is -0.127. The molecule has 1 unspecified atom stereocenters. The molecule has 1 atom stereocenters. The number of nitrogens with one attached hydrogen (secondary N) is 1. The van der Waals surface area contributed by atoms with Gasteiger partial charge in [0.15, 0.2) is 0 Å². The fourth-order valence-electron chi connectivity index (χ4n) is 4.28. The molecule has 4 rings (SSSR count). The number of carbonyl (C=O) groups excluding carboxylic acids is 1. The van der Waals surface area contributed by atoms with Gasteiger partial charge in [-0.2, -0.15) is 4.98 Å². The maximum atomic E-state index is 12.8. The molecule has 0 saturated carbocycles. The zero-order chi connectivity index (χ0) is 21.8. The molecule has 3 aromatic rings. The molecule has 1 aliphatic heterocycles. The fourth-order valence-corrected chi connectivity index (χ4v) is 4.28. The van der Waals surface area contributed by atoms with Crippen LogP contribution in [0.4, 0.5) is 0 Å². The molecule has 1 aliphatic rings. The molecule has 0 aliphatic carbocycles. The van der Waals surface area contributed by atoms with Crippen molar-refractivity contribution in [2.75, 3.05) is 13.1 Å². The van der Waals surface area contributed by atoms with Gasteiger partial charge >= 0.3 is 0 Å². The summed E-state index contributed by atoms with van der Waals surface area (Å²) >= 11 is 0. The predicted molar refractivity (Wildman–Crippen MR) is 120 cm³/mol. The number of hydrogen-bond donors (Lipinski definition) is 1. The van der Waals surface area contributed by atoms with Crippen molar-refractivity contribution in [3.8, 4) is 11.4 Å². The summed E-state index contributed by atoms with van der Waals surface area (Å²) in [4.78, 5) is 19.6. The SMILES string of the molecule is Cc1ccccc1-c1noc(CN2CCC(C(=O)NC(C)c3ccccc3C)CC2)n1. The Morgan fingerprint density at radius 2 is 1.77 bits per heavy atom. The lowest BCUT2D eigenvalue weighted by Gasteiger charge is -2.31. The number of hydrogen-bond acceptors (Lipinski definition) is 5. The average Bonchev–Trinajstić information content (AvgIpc) is 3.23. The van der Waals surface area contributed by atoms with Crippen molar-refractivity contribution < 1.29 is 9.32 Å². The van der Waals surface area contributed by atoms with Crippen LogP contribution in [-0.4, -0.2) is 34.0 Å². The van der Waals surface area contributed by atoms with Gasteiger partial charge in [0.25, 0.3) is 0 Å². The van der Waals surface area contributed by atoms with E-state index in [9.17, 15) is 4.79 Å². The molecule has 1 N–H and O–H groups in total. The van der Waals surface area contributed by atoms with Gasteiger partial charge in [-0.15, -0.1) is 0 Å². The molecule has 31 heavy (non-hydrogen) atoms. The molecule has 162 valence electrons. The lowest BCUT2D eigenvalue weighted by atomic mass is 9.94. The van der Waals surface area contributed by atoms with Crippen LogP contribution in [-0.2, 0) is 11.3 Å². The monoisotopic (exact) mass is 418 g/mol. The Morgan fingerprint density at radius 3 is 2.48 bits per heavy atom. The van der Waals surface area contributed by atoms with E-state index in [1.807, 2.05) is 43.3 Å². The third kappa shape index (κ3) is 5.02. The number of nitrogens with zero attached hydrogens (tertiary/aromatic N) is 3. The van der Waals surface area contributed by atoms with E-state index in [0.29, 0.717) is 18.3 Å². The van der Waals surface area contributed by atoms with Gasteiger partial charge in [0, 0.05) is 11.5 Å². The van der Waals surface area contributed by atoms with E-state index in [-0.39, 0.29) is 17.9 Å². The van der Waals surface area contributed by atoms with Crippen molar-refractivity contribution in [2.24, 2.45) is 5.92 Å². The van der Waals surface area contributed by atoms with Gasteiger partial charge in [0.2, 0.25) is 17.6 Å². The highest BCUT2D eigenvalue weighted by atomic mass is 16.5. The summed E-state index contributed by atoms with van der Waals surface area (Å²) in [5, 5.41) is 7.35. The Bertz CT molecular complexity index is 1040. The number of rotatable bonds is 6. The van der Waals surface area contributed by atoms with Crippen molar-refractivity contribution in [3.63, 3.8) is 0 Å². The van der Waals surface area contributed by atoms with Crippen LogP contribution in [0, 0.1) is 19.8 Å². The first-order valence-corrected chi connectivity index (χ1v) is 11.0. The Hall–Kier alpha value is -2.99. The quantitative estimate of drug-likeness (QED) is 0.641. The van der Waals surface area contributed by atoms with Gasteiger partial charge in [-0.3, -0.25) is 9.69 Å². The predicted octanol–water partition coefficient (Wildman–Crippen LogP) is 4.44. The van der Waals surface area contributed by atoms with E-state index in [1.165, 1.54) is 11.1 Å². The first kappa shape index (κ1) is 21.2. The minimum absolute atomic E-state index is 0.0185. The van der Waals surface area contributed by atoms with Gasteiger partial charge in [-0.25, -0.2) is 0 Å². The van der Waals surface area contributed by atoms with Crippen LogP contribution in [0.15, 0.2) is 53.1 Å². The summed E-state index contributed by atoms with van der Waals surface area (Å²) in [5.74, 6) is 1.45. The number of amides is 1. The highest BCUT2D eigenvalue weighted by Crippen LogP contribution is 2.23. The topological polar surface area (TPSA) is 71.3 Å². The van der Waals surface area contributed by atoms with Crippen molar-refractivity contribution in [1.82, 2.24) is 20.4 Å². The summed E-state index contributed by atoms with van der Waals surface area (Å²) in [7, 11) is 0. The standard InChI is InChI=1S/C25H30N4O2/c1-17-8-4-6-10-21(17)19(3)26-25(30)20-12-14-29(15-13-20)16-23-27-24(28-31-23)22-11-7-5-9-18(22)2/h4-11,19-20H,12-16H2,1-3H3,(H,26,30). The molecule has 1 aromatic heterocycles. The van der Waals surface area contributed by atoms with Crippen LogP contribution in [0.1, 0.15) is 48.4 Å². The van der Waals surface area contributed by atoms with Crippen LogP contribution < -0.4 is 5.32 Å². The number of piperidine rings is 1. The normalized spacial score (nSPS) is 16.2. The molecule has 1 amide bonds. The van der Waals surface area contributed by atoms with E-state index in [2.05, 4.69) is 46.3 Å². The minimum atomic E-state index is 0.0185. The molecule has 1 saturated heterocycles. The van der Waals surface area contributed by atoms with Gasteiger partial charge in [-0.05, 0) is 63.4 Å². The van der Waals surface area contributed by atoms with Crippen molar-refractivity contribution in [2.45, 2.75) is 46.2 Å². The fraction of sp³-hybridized carbons (Fsp3) is 0.400. The summed E-state index contributed by atoms with van der Waals surface area (Å²) in [5.41, 5.74) is 4.50. The molecular formula is C25H30N4O2. The second-order valence-corrected chi connectivity index (χ2v) is 8.46. The molecule has 6 nitrogen and oxygen atoms in total. The number of carbonyl (C=O) groups is 1. The molecule has 0 spiro atoms. The lowest BCUT2D eigenvalue weighted by Crippen LogP contribution is -2.41. The van der Waals surface area contributed by atoms with Crippen LogP contribution >= 0.6 is 0 Å². The van der Waals surface area contributed by atoms with E-state index >= 15 is 0 Å². The van der Waals surface area contributed by atoms with Gasteiger partial charge in [-0.1, -0.05) is 53.7 Å². The van der Waals surface area contributed by atoms with Crippen LogP contribution in [0.25, 0.3) is 11.4 Å². The molecule has 2 heterocycles. The molecule has 6 heteroatoms. The molecule has 2 aromatic carbocycles. The first-order chi connectivity index (χ1) is 15.0. The Labute approximate surface area is 183 Å². The largest absolute Gasteiger partial charge is 0.349 e. The van der Waals surface area contributed by atoms with Gasteiger partial charge in [0.1, 0.15) is 0 Å². The highest BCUT2D eigenvalue weighted by molar-refractivity contribution is 5.79. The van der Waals surface area contributed by atoms with Crippen LogP contribution in [0.5, 0.6) is 0 Å². The van der Waals surface area contributed by atoms with E-state index in [1.54, 1.807) is 0 Å². The minimum Gasteiger partial charge on any atom is -0.349 e. The summed E-state index contributed by atoms with van der Waals surface area (Å²) in [6.07, 6.45) is 1.68. The molecule has 0 bridgehead atoms. The van der Waals surface area contributed by atoms with Crippen LogP contribution in [0.3, 0.4) is 0 Å². The smallest absolute Gasteiger partial charge is 0.241 e. The highest BCUT2D eigenvalue weighted by Gasteiger charge is 2.27. The number of benzene rings is 2. The number of likely N-dealkylation sites (tertiary alicyclic amines) is 1. The Balaban J connectivity index is 1.29. The van der Waals surface area contributed by atoms with Gasteiger partial charge < -0.3 is 9.84 Å². The first-order valence-electron chi connectivity index (χ1n) is 11.0. The maximum Gasteiger partial charge on any atom is 0.241 e. The van der Waals surface area contributed by atoms with E-state index < -0.39 is 0 Å². The molecule has 0 radical (unpaired) electrons. The zero-order valence-electron chi connectivity index (χ0n) is 18.5. The van der Waals surface area contributed by atoms with Crippen molar-refractivity contribution in [1.29, 1.82) is 0 Å². The summed E-state index contributed by atoms with van der Waals surface area (Å²) in [6.45, 7) is 8.49. The van der Waals surface area contributed by atoms with Gasteiger partial charge in [0.05, 0.1) is 12.6 Å².